The Morgan fingerprint density at radius 3 is 1.54 bits per heavy atom. The molecule has 0 amide bonds. The van der Waals surface area contributed by atoms with Gasteiger partial charge in [0.05, 0.1) is 0 Å². The fraction of sp³-hybridized carbons (Fsp3) is 0.962. The van der Waals surface area contributed by atoms with Crippen LogP contribution in [0.2, 0.25) is 0 Å². The van der Waals surface area contributed by atoms with Gasteiger partial charge in [0.25, 0.3) is 0 Å². The van der Waals surface area contributed by atoms with Crippen LogP contribution in [0.15, 0.2) is 0 Å². The van der Waals surface area contributed by atoms with E-state index < -0.39 is 0 Å². The molecule has 0 aliphatic rings. The summed E-state index contributed by atoms with van der Waals surface area (Å²) in [6.07, 6.45) is 23.3. The summed E-state index contributed by atoms with van der Waals surface area (Å²) in [5.41, 5.74) is 0. The van der Waals surface area contributed by atoms with Crippen LogP contribution in [0, 0.1) is 5.92 Å². The van der Waals surface area contributed by atoms with Crippen molar-refractivity contribution in [2.24, 2.45) is 5.92 Å². The van der Waals surface area contributed by atoms with Crippen molar-refractivity contribution in [1.82, 2.24) is 0 Å². The average molecular weight is 397 g/mol. The topological polar surface area (TPSA) is 26.3 Å². The summed E-state index contributed by atoms with van der Waals surface area (Å²) in [7, 11) is 0. The molecule has 0 saturated heterocycles. The van der Waals surface area contributed by atoms with Gasteiger partial charge < -0.3 is 4.74 Å². The van der Waals surface area contributed by atoms with E-state index in [2.05, 4.69) is 27.7 Å². The van der Waals surface area contributed by atoms with Crippen molar-refractivity contribution in [3.8, 4) is 0 Å². The Bertz CT molecular complexity index is 308. The fourth-order valence-electron chi connectivity index (χ4n) is 3.81. The third-order valence-electron chi connectivity index (χ3n) is 5.72. The molecule has 0 spiro atoms. The molecule has 0 atom stereocenters. The summed E-state index contributed by atoms with van der Waals surface area (Å²) in [5, 5.41) is 0. The van der Waals surface area contributed by atoms with E-state index in [9.17, 15) is 4.79 Å². The number of hydrogen-bond acceptors (Lipinski definition) is 2. The van der Waals surface area contributed by atoms with Crippen LogP contribution < -0.4 is 0 Å². The van der Waals surface area contributed by atoms with Gasteiger partial charge in [0, 0.05) is 6.42 Å². The van der Waals surface area contributed by atoms with Gasteiger partial charge in [0.1, 0.15) is 6.10 Å². The van der Waals surface area contributed by atoms with E-state index in [0.717, 1.165) is 31.6 Å². The molecule has 0 bridgehead atoms. The van der Waals surface area contributed by atoms with Crippen LogP contribution in [0.5, 0.6) is 0 Å². The van der Waals surface area contributed by atoms with Gasteiger partial charge in [-0.1, -0.05) is 111 Å². The first kappa shape index (κ1) is 27.5. The SMILES string of the molecule is CCCCCCCCC(CCCCCCCC)OC(=O)CCCCCC(C)C. The smallest absolute Gasteiger partial charge is 0.306 e. The van der Waals surface area contributed by atoms with Crippen molar-refractivity contribution >= 4 is 5.97 Å². The molecule has 2 nitrogen and oxygen atoms in total. The molecule has 0 saturated carbocycles. The molecule has 0 unspecified atom stereocenters. The Kier molecular flexibility index (Phi) is 20.8. The number of carbonyl (C=O) groups is 1. The molecule has 0 N–H and O–H groups in total. The van der Waals surface area contributed by atoms with Gasteiger partial charge >= 0.3 is 5.97 Å². The minimum atomic E-state index is 0.0477. The average Bonchev–Trinajstić information content (AvgIpc) is 2.66. The number of ether oxygens (including phenoxy) is 1. The molecule has 168 valence electrons. The Hall–Kier alpha value is -0.530. The third kappa shape index (κ3) is 20.2. The molecule has 0 aromatic rings. The number of carbonyl (C=O) groups excluding carboxylic acids is 1. The van der Waals surface area contributed by atoms with Gasteiger partial charge in [-0.25, -0.2) is 0 Å². The van der Waals surface area contributed by atoms with E-state index in [1.54, 1.807) is 0 Å². The van der Waals surface area contributed by atoms with Gasteiger partial charge in [-0.05, 0) is 38.0 Å². The van der Waals surface area contributed by atoms with E-state index in [1.165, 1.54) is 89.9 Å². The molecule has 0 rings (SSSR count). The molecular formula is C26H52O2. The molecule has 0 aromatic heterocycles. The highest BCUT2D eigenvalue weighted by molar-refractivity contribution is 5.69. The maximum atomic E-state index is 12.3. The normalized spacial score (nSPS) is 11.5. The van der Waals surface area contributed by atoms with E-state index in [4.69, 9.17) is 4.74 Å². The van der Waals surface area contributed by atoms with Crippen LogP contribution in [-0.2, 0) is 9.53 Å². The first-order valence-electron chi connectivity index (χ1n) is 12.8. The van der Waals surface area contributed by atoms with Crippen molar-refractivity contribution in [3.63, 3.8) is 0 Å². The first-order chi connectivity index (χ1) is 13.6. The molecule has 0 radical (unpaired) electrons. The van der Waals surface area contributed by atoms with Gasteiger partial charge in [0.2, 0.25) is 0 Å². The van der Waals surface area contributed by atoms with Gasteiger partial charge in [-0.15, -0.1) is 0 Å². The van der Waals surface area contributed by atoms with Crippen molar-refractivity contribution in [2.75, 3.05) is 0 Å². The minimum Gasteiger partial charge on any atom is -0.462 e. The maximum absolute atomic E-state index is 12.3. The standard InChI is InChI=1S/C26H52O2/c1-5-7-9-11-13-17-21-25(22-18-14-12-10-8-6-2)28-26(27)23-19-15-16-20-24(3)4/h24-25H,5-23H2,1-4H3. The van der Waals surface area contributed by atoms with Crippen LogP contribution in [0.25, 0.3) is 0 Å². The number of esters is 1. The maximum Gasteiger partial charge on any atom is 0.306 e. The van der Waals surface area contributed by atoms with E-state index in [0.29, 0.717) is 6.42 Å². The lowest BCUT2D eigenvalue weighted by Crippen LogP contribution is -2.18. The Labute approximate surface area is 177 Å². The van der Waals surface area contributed by atoms with Crippen LogP contribution in [0.4, 0.5) is 0 Å². The van der Waals surface area contributed by atoms with E-state index in [1.807, 2.05) is 0 Å². The quantitative estimate of drug-likeness (QED) is 0.143. The van der Waals surface area contributed by atoms with Crippen LogP contribution in [0.3, 0.4) is 0 Å². The van der Waals surface area contributed by atoms with Crippen molar-refractivity contribution < 1.29 is 9.53 Å². The van der Waals surface area contributed by atoms with Crippen molar-refractivity contribution in [2.45, 2.75) is 156 Å². The Morgan fingerprint density at radius 1 is 0.607 bits per heavy atom. The summed E-state index contributed by atoms with van der Waals surface area (Å²) >= 11 is 0. The van der Waals surface area contributed by atoms with Gasteiger partial charge in [0.15, 0.2) is 0 Å². The second-order valence-electron chi connectivity index (χ2n) is 9.22. The molecule has 2 heteroatoms. The van der Waals surface area contributed by atoms with E-state index >= 15 is 0 Å². The first-order valence-corrected chi connectivity index (χ1v) is 12.8. The molecule has 0 aliphatic heterocycles. The molecular weight excluding hydrogens is 344 g/mol. The second-order valence-corrected chi connectivity index (χ2v) is 9.22. The van der Waals surface area contributed by atoms with Gasteiger partial charge in [-0.2, -0.15) is 0 Å². The zero-order chi connectivity index (χ0) is 20.9. The molecule has 0 fully saturated rings. The predicted octanol–water partition coefficient (Wildman–Crippen LogP) is 9.01. The Balaban J connectivity index is 4.02. The summed E-state index contributed by atoms with van der Waals surface area (Å²) in [6, 6.07) is 0. The lowest BCUT2D eigenvalue weighted by atomic mass is 10.0. The molecule has 0 heterocycles. The summed E-state index contributed by atoms with van der Waals surface area (Å²) in [4.78, 5) is 12.3. The number of rotatable bonds is 21. The van der Waals surface area contributed by atoms with Crippen molar-refractivity contribution in [1.29, 1.82) is 0 Å². The zero-order valence-electron chi connectivity index (χ0n) is 19.9. The third-order valence-corrected chi connectivity index (χ3v) is 5.72. The number of unbranched alkanes of at least 4 members (excludes halogenated alkanes) is 12. The van der Waals surface area contributed by atoms with Crippen LogP contribution in [-0.4, -0.2) is 12.1 Å². The highest BCUT2D eigenvalue weighted by Gasteiger charge is 2.14. The van der Waals surface area contributed by atoms with Crippen molar-refractivity contribution in [3.05, 3.63) is 0 Å². The fourth-order valence-corrected chi connectivity index (χ4v) is 3.81. The Morgan fingerprint density at radius 2 is 1.04 bits per heavy atom. The largest absolute Gasteiger partial charge is 0.462 e. The van der Waals surface area contributed by atoms with Gasteiger partial charge in [-0.3, -0.25) is 4.79 Å². The zero-order valence-corrected chi connectivity index (χ0v) is 19.9. The molecule has 0 aromatic carbocycles. The molecule has 28 heavy (non-hydrogen) atoms. The monoisotopic (exact) mass is 396 g/mol. The second kappa shape index (κ2) is 21.2. The minimum absolute atomic E-state index is 0.0477. The molecule has 0 aliphatic carbocycles. The summed E-state index contributed by atoms with van der Waals surface area (Å²) in [6.45, 7) is 9.06. The summed E-state index contributed by atoms with van der Waals surface area (Å²) in [5.74, 6) is 0.817. The summed E-state index contributed by atoms with van der Waals surface area (Å²) < 4.78 is 5.89. The number of hydrogen-bond donors (Lipinski definition) is 0. The lowest BCUT2D eigenvalue weighted by molar-refractivity contribution is -0.150. The van der Waals surface area contributed by atoms with E-state index in [-0.39, 0.29) is 12.1 Å². The lowest BCUT2D eigenvalue weighted by Gasteiger charge is -2.18. The van der Waals surface area contributed by atoms with Crippen LogP contribution in [0.1, 0.15) is 150 Å². The van der Waals surface area contributed by atoms with Crippen LogP contribution >= 0.6 is 0 Å². The predicted molar refractivity (Wildman–Crippen MR) is 124 cm³/mol. The highest BCUT2D eigenvalue weighted by Crippen LogP contribution is 2.18. The highest BCUT2D eigenvalue weighted by atomic mass is 16.5.